The quantitative estimate of drug-likeness (QED) is 0.743. The maximum atomic E-state index is 8.83. The second-order valence-corrected chi connectivity index (χ2v) is 4.61. The molecule has 2 N–H and O–H groups in total. The maximum absolute atomic E-state index is 8.83. The van der Waals surface area contributed by atoms with E-state index in [1.54, 1.807) is 4.68 Å². The third kappa shape index (κ3) is 2.78. The number of anilines is 1. The first-order valence-electron chi connectivity index (χ1n) is 6.58. The van der Waals surface area contributed by atoms with Crippen molar-refractivity contribution in [3.63, 3.8) is 0 Å². The van der Waals surface area contributed by atoms with Gasteiger partial charge in [-0.05, 0) is 22.9 Å². The van der Waals surface area contributed by atoms with Gasteiger partial charge in [-0.2, -0.15) is 0 Å². The average molecular weight is 268 g/mol. The van der Waals surface area contributed by atoms with E-state index >= 15 is 0 Å². The van der Waals surface area contributed by atoms with E-state index in [0.717, 1.165) is 11.4 Å². The molecule has 2 aromatic carbocycles. The van der Waals surface area contributed by atoms with Crippen LogP contribution < -0.4 is 5.32 Å². The SMILES string of the molecule is OCCn1cc(CNc2ccc3ccccc3c2)nn1. The van der Waals surface area contributed by atoms with Crippen molar-refractivity contribution >= 4 is 16.5 Å². The molecule has 0 aliphatic heterocycles. The number of nitrogens with zero attached hydrogens (tertiary/aromatic N) is 3. The predicted molar refractivity (Wildman–Crippen MR) is 78.4 cm³/mol. The van der Waals surface area contributed by atoms with Crippen LogP contribution in [0.4, 0.5) is 5.69 Å². The summed E-state index contributed by atoms with van der Waals surface area (Å²) in [5, 5.41) is 22.6. The minimum absolute atomic E-state index is 0.0703. The van der Waals surface area contributed by atoms with Crippen LogP contribution >= 0.6 is 0 Å². The number of hydrogen-bond donors (Lipinski definition) is 2. The van der Waals surface area contributed by atoms with E-state index in [-0.39, 0.29) is 6.61 Å². The number of rotatable bonds is 5. The summed E-state index contributed by atoms with van der Waals surface area (Å²) in [4.78, 5) is 0. The van der Waals surface area contributed by atoms with Crippen molar-refractivity contribution in [2.75, 3.05) is 11.9 Å². The monoisotopic (exact) mass is 268 g/mol. The van der Waals surface area contributed by atoms with Crippen molar-refractivity contribution in [1.29, 1.82) is 0 Å². The van der Waals surface area contributed by atoms with Gasteiger partial charge in [0.1, 0.15) is 5.69 Å². The Morgan fingerprint density at radius 3 is 2.80 bits per heavy atom. The largest absolute Gasteiger partial charge is 0.394 e. The van der Waals surface area contributed by atoms with Gasteiger partial charge in [-0.25, -0.2) is 4.68 Å². The van der Waals surface area contributed by atoms with Gasteiger partial charge in [0.2, 0.25) is 0 Å². The van der Waals surface area contributed by atoms with Gasteiger partial charge in [-0.15, -0.1) is 5.10 Å². The molecule has 0 spiro atoms. The minimum Gasteiger partial charge on any atom is -0.394 e. The molecule has 0 aliphatic rings. The zero-order chi connectivity index (χ0) is 13.8. The molecule has 1 heterocycles. The van der Waals surface area contributed by atoms with Crippen LogP contribution in [0.15, 0.2) is 48.7 Å². The molecule has 20 heavy (non-hydrogen) atoms. The van der Waals surface area contributed by atoms with Gasteiger partial charge in [-0.3, -0.25) is 0 Å². The van der Waals surface area contributed by atoms with E-state index in [4.69, 9.17) is 5.11 Å². The summed E-state index contributed by atoms with van der Waals surface area (Å²) in [5.41, 5.74) is 1.91. The molecule has 0 saturated heterocycles. The maximum Gasteiger partial charge on any atom is 0.102 e. The van der Waals surface area contributed by atoms with E-state index in [9.17, 15) is 0 Å². The molecule has 0 amide bonds. The molecule has 3 rings (SSSR count). The fourth-order valence-corrected chi connectivity index (χ4v) is 2.12. The molecular weight excluding hydrogens is 252 g/mol. The average Bonchev–Trinajstić information content (AvgIpc) is 2.93. The third-order valence-corrected chi connectivity index (χ3v) is 3.14. The Balaban J connectivity index is 1.69. The van der Waals surface area contributed by atoms with Crippen LogP contribution in [0.2, 0.25) is 0 Å². The number of fused-ring (bicyclic) bond motifs is 1. The van der Waals surface area contributed by atoms with Crippen LogP contribution in [0.25, 0.3) is 10.8 Å². The summed E-state index contributed by atoms with van der Waals surface area (Å²) in [6.45, 7) is 1.16. The number of nitrogens with one attached hydrogen (secondary N) is 1. The van der Waals surface area contributed by atoms with E-state index in [1.807, 2.05) is 18.3 Å². The molecule has 0 atom stereocenters. The second kappa shape index (κ2) is 5.71. The van der Waals surface area contributed by atoms with Gasteiger partial charge in [0.25, 0.3) is 0 Å². The van der Waals surface area contributed by atoms with Crippen LogP contribution in [0.5, 0.6) is 0 Å². The topological polar surface area (TPSA) is 63.0 Å². The first-order chi connectivity index (χ1) is 9.85. The molecule has 0 unspecified atom stereocenters. The van der Waals surface area contributed by atoms with Crippen molar-refractivity contribution in [2.24, 2.45) is 0 Å². The molecule has 0 fully saturated rings. The van der Waals surface area contributed by atoms with Crippen LogP contribution in [0, 0.1) is 0 Å². The first kappa shape index (κ1) is 12.6. The highest BCUT2D eigenvalue weighted by Crippen LogP contribution is 2.19. The highest BCUT2D eigenvalue weighted by atomic mass is 16.3. The number of benzene rings is 2. The lowest BCUT2D eigenvalue weighted by Crippen LogP contribution is -2.02. The Hall–Kier alpha value is -2.40. The van der Waals surface area contributed by atoms with E-state index in [2.05, 4.69) is 46.0 Å². The van der Waals surface area contributed by atoms with E-state index < -0.39 is 0 Å². The highest BCUT2D eigenvalue weighted by Gasteiger charge is 2.01. The molecule has 1 aromatic heterocycles. The Morgan fingerprint density at radius 2 is 1.95 bits per heavy atom. The number of hydrogen-bond acceptors (Lipinski definition) is 4. The second-order valence-electron chi connectivity index (χ2n) is 4.61. The molecule has 0 bridgehead atoms. The van der Waals surface area contributed by atoms with Crippen molar-refractivity contribution < 1.29 is 5.11 Å². The van der Waals surface area contributed by atoms with Gasteiger partial charge < -0.3 is 10.4 Å². The normalized spacial score (nSPS) is 10.8. The summed E-state index contributed by atoms with van der Waals surface area (Å²) in [6.07, 6.45) is 1.84. The molecular formula is C15H16N4O. The van der Waals surface area contributed by atoms with Gasteiger partial charge >= 0.3 is 0 Å². The van der Waals surface area contributed by atoms with E-state index in [0.29, 0.717) is 13.1 Å². The van der Waals surface area contributed by atoms with Crippen molar-refractivity contribution in [3.05, 3.63) is 54.4 Å². The zero-order valence-corrected chi connectivity index (χ0v) is 11.0. The van der Waals surface area contributed by atoms with Crippen LogP contribution in [-0.4, -0.2) is 26.7 Å². The number of aliphatic hydroxyl groups excluding tert-OH is 1. The number of aliphatic hydroxyl groups is 1. The van der Waals surface area contributed by atoms with Crippen molar-refractivity contribution in [1.82, 2.24) is 15.0 Å². The van der Waals surface area contributed by atoms with Gasteiger partial charge in [0, 0.05) is 5.69 Å². The summed E-state index contributed by atoms with van der Waals surface area (Å²) >= 11 is 0. The Labute approximate surface area is 116 Å². The molecule has 0 radical (unpaired) electrons. The predicted octanol–water partition coefficient (Wildman–Crippen LogP) is 2.04. The lowest BCUT2D eigenvalue weighted by atomic mass is 10.1. The van der Waals surface area contributed by atoms with Crippen LogP contribution in [-0.2, 0) is 13.1 Å². The fraction of sp³-hybridized carbons (Fsp3) is 0.200. The van der Waals surface area contributed by atoms with Crippen LogP contribution in [0.3, 0.4) is 0 Å². The smallest absolute Gasteiger partial charge is 0.102 e. The lowest BCUT2D eigenvalue weighted by Gasteiger charge is -2.05. The molecule has 102 valence electrons. The molecule has 5 nitrogen and oxygen atoms in total. The Kier molecular flexibility index (Phi) is 3.60. The summed E-state index contributed by atoms with van der Waals surface area (Å²) in [6, 6.07) is 14.5. The molecule has 0 aliphatic carbocycles. The zero-order valence-electron chi connectivity index (χ0n) is 11.0. The van der Waals surface area contributed by atoms with Crippen molar-refractivity contribution in [3.8, 4) is 0 Å². The standard InChI is InChI=1S/C15H16N4O/c20-8-7-19-11-15(17-18-19)10-16-14-6-5-12-3-1-2-4-13(12)9-14/h1-6,9,11,16,20H,7-8,10H2. The van der Waals surface area contributed by atoms with Crippen molar-refractivity contribution in [2.45, 2.75) is 13.1 Å². The van der Waals surface area contributed by atoms with Gasteiger partial charge in [0.15, 0.2) is 0 Å². The third-order valence-electron chi connectivity index (χ3n) is 3.14. The first-order valence-corrected chi connectivity index (χ1v) is 6.58. The summed E-state index contributed by atoms with van der Waals surface area (Å²) in [5.74, 6) is 0. The minimum atomic E-state index is 0.0703. The Bertz CT molecular complexity index is 708. The molecule has 5 heteroatoms. The Morgan fingerprint density at radius 1 is 1.10 bits per heavy atom. The van der Waals surface area contributed by atoms with E-state index in [1.165, 1.54) is 10.8 Å². The number of aromatic nitrogens is 3. The van der Waals surface area contributed by atoms with Crippen LogP contribution in [0.1, 0.15) is 5.69 Å². The summed E-state index contributed by atoms with van der Waals surface area (Å²) in [7, 11) is 0. The van der Waals surface area contributed by atoms with Gasteiger partial charge in [0.05, 0.1) is 25.9 Å². The molecule has 3 aromatic rings. The summed E-state index contributed by atoms with van der Waals surface area (Å²) < 4.78 is 1.64. The fourth-order valence-electron chi connectivity index (χ4n) is 2.12. The lowest BCUT2D eigenvalue weighted by molar-refractivity contribution is 0.268. The molecule has 0 saturated carbocycles. The van der Waals surface area contributed by atoms with Gasteiger partial charge in [-0.1, -0.05) is 35.5 Å². The highest BCUT2D eigenvalue weighted by molar-refractivity contribution is 5.85.